The number of Topliss-reactive ketones (excluding diaryl/α,β-unsaturated/α-hetero) is 1. The summed E-state index contributed by atoms with van der Waals surface area (Å²) in [6.45, 7) is 2.59. The second-order valence-corrected chi connectivity index (χ2v) is 6.12. The molecule has 2 aromatic rings. The monoisotopic (exact) mass is 307 g/mol. The molecule has 0 aromatic heterocycles. The normalized spacial score (nSPS) is 19.4. The fraction of sp³-hybridized carbons (Fsp3) is 0.300. The van der Waals surface area contributed by atoms with Crippen LogP contribution in [-0.4, -0.2) is 23.1 Å². The van der Waals surface area contributed by atoms with Gasteiger partial charge in [-0.25, -0.2) is 0 Å². The summed E-state index contributed by atoms with van der Waals surface area (Å²) < 4.78 is 0. The van der Waals surface area contributed by atoms with E-state index in [9.17, 15) is 9.59 Å². The van der Waals surface area contributed by atoms with E-state index in [0.717, 1.165) is 18.4 Å². The molecule has 3 heteroatoms. The quantitative estimate of drug-likeness (QED) is 0.804. The predicted octanol–water partition coefficient (Wildman–Crippen LogP) is 3.87. The largest absolute Gasteiger partial charge is 0.328 e. The number of benzene rings is 2. The van der Waals surface area contributed by atoms with Crippen molar-refractivity contribution in [2.45, 2.75) is 25.8 Å². The molecule has 1 amide bonds. The van der Waals surface area contributed by atoms with Crippen LogP contribution in [0.2, 0.25) is 0 Å². The summed E-state index contributed by atoms with van der Waals surface area (Å²) >= 11 is 0. The number of carbonyl (C=O) groups is 2. The third kappa shape index (κ3) is 3.19. The molecule has 23 heavy (non-hydrogen) atoms. The third-order valence-electron chi connectivity index (χ3n) is 4.47. The molecule has 1 aliphatic rings. The van der Waals surface area contributed by atoms with E-state index in [1.165, 1.54) is 0 Å². The standard InChI is InChI=1S/C20H21NO2/c1-15-9-8-14-21(20(15)23)18(16-10-4-2-5-11-16)19(22)17-12-6-3-7-13-17/h2-7,10-13,15,18H,8-9,14H2,1H3. The molecule has 1 saturated heterocycles. The molecule has 0 N–H and O–H groups in total. The number of carbonyl (C=O) groups excluding carboxylic acids is 2. The number of nitrogens with zero attached hydrogens (tertiary/aromatic N) is 1. The Hall–Kier alpha value is -2.42. The number of amides is 1. The van der Waals surface area contributed by atoms with Crippen molar-refractivity contribution < 1.29 is 9.59 Å². The van der Waals surface area contributed by atoms with Gasteiger partial charge in [0.25, 0.3) is 0 Å². The molecule has 0 saturated carbocycles. The Morgan fingerprint density at radius 1 is 1.04 bits per heavy atom. The minimum absolute atomic E-state index is 0.0146. The zero-order valence-electron chi connectivity index (χ0n) is 13.3. The molecule has 2 unspecified atom stereocenters. The second-order valence-electron chi connectivity index (χ2n) is 6.12. The maximum atomic E-state index is 13.1. The Labute approximate surface area is 136 Å². The van der Waals surface area contributed by atoms with Crippen LogP contribution < -0.4 is 0 Å². The first-order valence-electron chi connectivity index (χ1n) is 8.13. The molecule has 0 spiro atoms. The van der Waals surface area contributed by atoms with Crippen molar-refractivity contribution in [3.8, 4) is 0 Å². The molecule has 2 aromatic carbocycles. The van der Waals surface area contributed by atoms with Crippen molar-refractivity contribution in [2.24, 2.45) is 5.92 Å². The van der Waals surface area contributed by atoms with Crippen molar-refractivity contribution in [2.75, 3.05) is 6.54 Å². The van der Waals surface area contributed by atoms with E-state index in [1.54, 1.807) is 4.90 Å². The first-order valence-corrected chi connectivity index (χ1v) is 8.13. The highest BCUT2D eigenvalue weighted by molar-refractivity contribution is 6.02. The maximum Gasteiger partial charge on any atom is 0.226 e. The number of likely N-dealkylation sites (tertiary alicyclic amines) is 1. The van der Waals surface area contributed by atoms with Crippen molar-refractivity contribution >= 4 is 11.7 Å². The van der Waals surface area contributed by atoms with Crippen LogP contribution in [0.4, 0.5) is 0 Å². The highest BCUT2D eigenvalue weighted by Gasteiger charge is 2.35. The lowest BCUT2D eigenvalue weighted by atomic mass is 9.91. The third-order valence-corrected chi connectivity index (χ3v) is 4.47. The van der Waals surface area contributed by atoms with E-state index in [4.69, 9.17) is 0 Å². The van der Waals surface area contributed by atoms with Gasteiger partial charge in [-0.05, 0) is 18.4 Å². The summed E-state index contributed by atoms with van der Waals surface area (Å²) in [5.41, 5.74) is 1.52. The fourth-order valence-electron chi connectivity index (χ4n) is 3.21. The Morgan fingerprint density at radius 2 is 1.65 bits per heavy atom. The number of piperidine rings is 1. The van der Waals surface area contributed by atoms with Crippen molar-refractivity contribution in [1.82, 2.24) is 4.90 Å². The highest BCUT2D eigenvalue weighted by Crippen LogP contribution is 2.30. The van der Waals surface area contributed by atoms with Crippen molar-refractivity contribution in [3.05, 3.63) is 71.8 Å². The minimum Gasteiger partial charge on any atom is -0.328 e. The van der Waals surface area contributed by atoms with Gasteiger partial charge in [-0.2, -0.15) is 0 Å². The fourth-order valence-corrected chi connectivity index (χ4v) is 3.21. The van der Waals surface area contributed by atoms with Crippen LogP contribution in [-0.2, 0) is 4.79 Å². The van der Waals surface area contributed by atoms with Crippen LogP contribution in [0.1, 0.15) is 41.7 Å². The van der Waals surface area contributed by atoms with Gasteiger partial charge in [0.05, 0.1) is 0 Å². The summed E-state index contributed by atoms with van der Waals surface area (Å²) in [5.74, 6) is 0.0483. The topological polar surface area (TPSA) is 37.4 Å². The predicted molar refractivity (Wildman–Crippen MR) is 90.1 cm³/mol. The minimum atomic E-state index is -0.533. The van der Waals surface area contributed by atoms with E-state index in [0.29, 0.717) is 12.1 Å². The molecule has 1 fully saturated rings. The van der Waals surface area contributed by atoms with E-state index < -0.39 is 6.04 Å². The Morgan fingerprint density at radius 3 is 2.30 bits per heavy atom. The smallest absolute Gasteiger partial charge is 0.226 e. The molecule has 0 aliphatic carbocycles. The molecule has 1 aliphatic heterocycles. The van der Waals surface area contributed by atoms with Crippen LogP contribution in [0, 0.1) is 5.92 Å². The van der Waals surface area contributed by atoms with Gasteiger partial charge in [-0.1, -0.05) is 67.6 Å². The van der Waals surface area contributed by atoms with E-state index in [2.05, 4.69) is 0 Å². The van der Waals surface area contributed by atoms with Gasteiger partial charge in [0, 0.05) is 18.0 Å². The average Bonchev–Trinajstić information content (AvgIpc) is 2.60. The molecule has 0 radical (unpaired) electrons. The van der Waals surface area contributed by atoms with Gasteiger partial charge in [0.15, 0.2) is 5.78 Å². The molecular weight excluding hydrogens is 286 g/mol. The van der Waals surface area contributed by atoms with Crippen LogP contribution in [0.25, 0.3) is 0 Å². The van der Waals surface area contributed by atoms with Crippen LogP contribution in [0.3, 0.4) is 0 Å². The molecule has 3 nitrogen and oxygen atoms in total. The van der Waals surface area contributed by atoms with Gasteiger partial charge >= 0.3 is 0 Å². The SMILES string of the molecule is CC1CCCN(C(C(=O)c2ccccc2)c2ccccc2)C1=O. The molecule has 1 heterocycles. The zero-order chi connectivity index (χ0) is 16.2. The summed E-state index contributed by atoms with van der Waals surface area (Å²) in [6.07, 6.45) is 1.84. The number of ketones is 1. The highest BCUT2D eigenvalue weighted by atomic mass is 16.2. The first kappa shape index (κ1) is 15.5. The number of hydrogen-bond donors (Lipinski definition) is 0. The Bertz CT molecular complexity index is 681. The van der Waals surface area contributed by atoms with Crippen molar-refractivity contribution in [3.63, 3.8) is 0 Å². The van der Waals surface area contributed by atoms with Crippen LogP contribution in [0.5, 0.6) is 0 Å². The Kier molecular flexibility index (Phi) is 4.56. The second kappa shape index (κ2) is 6.78. The summed E-state index contributed by atoms with van der Waals surface area (Å²) in [4.78, 5) is 27.5. The van der Waals surface area contributed by atoms with Gasteiger partial charge in [0.2, 0.25) is 5.91 Å². The molecule has 2 atom stereocenters. The lowest BCUT2D eigenvalue weighted by Crippen LogP contribution is -2.45. The van der Waals surface area contributed by atoms with Gasteiger partial charge in [-0.3, -0.25) is 9.59 Å². The van der Waals surface area contributed by atoms with Gasteiger partial charge in [0.1, 0.15) is 6.04 Å². The summed E-state index contributed by atoms with van der Waals surface area (Å²) in [6, 6.07) is 18.3. The molecular formula is C20H21NO2. The Balaban J connectivity index is 2.01. The first-order chi connectivity index (χ1) is 11.2. The summed E-state index contributed by atoms with van der Waals surface area (Å²) in [5, 5.41) is 0. The maximum absolute atomic E-state index is 13.1. The van der Waals surface area contributed by atoms with Gasteiger partial charge < -0.3 is 4.90 Å². The average molecular weight is 307 g/mol. The lowest BCUT2D eigenvalue weighted by Gasteiger charge is -2.36. The number of hydrogen-bond acceptors (Lipinski definition) is 2. The van der Waals surface area contributed by atoms with Gasteiger partial charge in [-0.15, -0.1) is 0 Å². The zero-order valence-corrected chi connectivity index (χ0v) is 13.3. The summed E-state index contributed by atoms with van der Waals surface area (Å²) in [7, 11) is 0. The molecule has 118 valence electrons. The molecule has 0 bridgehead atoms. The lowest BCUT2D eigenvalue weighted by molar-refractivity contribution is -0.139. The van der Waals surface area contributed by atoms with Crippen LogP contribution >= 0.6 is 0 Å². The van der Waals surface area contributed by atoms with E-state index in [1.807, 2.05) is 67.6 Å². The number of rotatable bonds is 4. The van der Waals surface area contributed by atoms with E-state index in [-0.39, 0.29) is 17.6 Å². The van der Waals surface area contributed by atoms with E-state index >= 15 is 0 Å². The molecule has 3 rings (SSSR count). The van der Waals surface area contributed by atoms with Crippen molar-refractivity contribution in [1.29, 1.82) is 0 Å². The van der Waals surface area contributed by atoms with Crippen LogP contribution in [0.15, 0.2) is 60.7 Å².